The molecule has 1 fully saturated rings. The van der Waals surface area contributed by atoms with Gasteiger partial charge in [-0.1, -0.05) is 67.5 Å². The third-order valence-corrected chi connectivity index (χ3v) is 27.1. The van der Waals surface area contributed by atoms with Gasteiger partial charge in [-0.2, -0.15) is 0 Å². The minimum absolute atomic E-state index is 0.0653. The number of hydrogen-bond donors (Lipinski definition) is 3. The van der Waals surface area contributed by atoms with Crippen LogP contribution in [0.15, 0.2) is 66.5 Å². The Labute approximate surface area is 540 Å². The molecule has 4 unspecified atom stereocenters. The van der Waals surface area contributed by atoms with E-state index in [-0.39, 0.29) is 87.0 Å². The second-order valence-corrected chi connectivity index (χ2v) is 39.5. The van der Waals surface area contributed by atoms with Crippen molar-refractivity contribution < 1.29 is 66.0 Å². The summed E-state index contributed by atoms with van der Waals surface area (Å²) in [5.74, 6) is -0.266. The molecule has 8 rings (SSSR count). The number of hydrogen-bond acceptors (Lipinski definition) is 15. The number of rotatable bonds is 19. The second kappa shape index (κ2) is 26.2. The summed E-state index contributed by atoms with van der Waals surface area (Å²) in [5.41, 5.74) is 8.23. The molecule has 6 atom stereocenters. The largest absolute Gasteiger partial charge is 0.493 e. The van der Waals surface area contributed by atoms with Crippen molar-refractivity contribution in [2.24, 2.45) is 17.6 Å². The van der Waals surface area contributed by atoms with Crippen molar-refractivity contribution in [3.8, 4) is 23.0 Å². The first kappa shape index (κ1) is 70.0. The highest BCUT2D eigenvalue weighted by atomic mass is 28.4. The topological polar surface area (TPSA) is 239 Å². The average Bonchev–Trinajstić information content (AvgIpc) is 1.66. The Morgan fingerprint density at radius 3 is 1.46 bits per heavy atom. The number of amides is 6. The number of carbonyl (C=O) groups is 6. The summed E-state index contributed by atoms with van der Waals surface area (Å²) in [6, 6.07) is 10.8. The summed E-state index contributed by atoms with van der Waals surface area (Å²) in [5, 5.41) is 4.97. The Hall–Kier alpha value is -6.93. The lowest BCUT2D eigenvalue weighted by molar-refractivity contribution is -0.127. The highest BCUT2D eigenvalue weighted by Crippen LogP contribution is 2.51. The third-order valence-electron chi connectivity index (χ3n) is 18.2. The average molecular weight is 1290 g/mol. The first-order valence-corrected chi connectivity index (χ1v) is 37.6. The van der Waals surface area contributed by atoms with Crippen LogP contribution in [0.5, 0.6) is 23.0 Å². The van der Waals surface area contributed by atoms with Gasteiger partial charge in [-0.25, -0.2) is 19.4 Å². The van der Waals surface area contributed by atoms with Crippen molar-refractivity contribution in [3.63, 3.8) is 0 Å². The van der Waals surface area contributed by atoms with Crippen LogP contribution in [0.3, 0.4) is 0 Å². The molecule has 0 saturated heterocycles. The van der Waals surface area contributed by atoms with Gasteiger partial charge in [-0.3, -0.25) is 19.2 Å². The first-order valence-electron chi connectivity index (χ1n) is 31.8. The molecule has 1 saturated carbocycles. The van der Waals surface area contributed by atoms with E-state index >= 15 is 9.59 Å². The summed E-state index contributed by atoms with van der Waals surface area (Å²) in [6.07, 6.45) is 3.61. The Morgan fingerprint density at radius 1 is 0.615 bits per heavy atom. The van der Waals surface area contributed by atoms with Gasteiger partial charge in [0.25, 0.3) is 11.8 Å². The molecular formula is C68H99N7O14Si2. The molecule has 3 aromatic carbocycles. The molecule has 91 heavy (non-hydrogen) atoms. The Kier molecular flexibility index (Phi) is 20.2. The normalized spacial score (nSPS) is 20.3. The number of benzene rings is 3. The van der Waals surface area contributed by atoms with Crippen LogP contribution in [0.2, 0.25) is 36.3 Å². The van der Waals surface area contributed by atoms with E-state index in [0.29, 0.717) is 24.4 Å². The zero-order valence-corrected chi connectivity index (χ0v) is 59.4. The molecule has 6 amide bonds. The Bertz CT molecular complexity index is 3330. The van der Waals surface area contributed by atoms with Gasteiger partial charge in [0.2, 0.25) is 11.8 Å². The van der Waals surface area contributed by atoms with Crippen molar-refractivity contribution in [1.29, 1.82) is 0 Å². The standard InChI is InChI=1S/C68H99N7O14Si2/c1-39(2)56(69)58(77)70-40(3)57(76)71-45-27-25-42(26-28-45)44-32-51-62(89-91(20,21)68(13,14)15)75(64(81)87-66(7,8)9)49-36-55(53(83-17)34-47(49)60(79)73(51)38-44)85-30-22-29-84-54-35-48-46(33-52(54)82-16)59(78)72-37-43(41-23-24-41)31-50(72)61(88-90(18,19)67(10,11)12)74(48)63(80)86-65(4,5)6/h25-28,33-41,50-51,56,61-62H,22-24,29-32,69H2,1-21H3,(H,70,77)(H,71,76)/t40-,50?,51?,56-,61?,62?/m0/s1. The number of ether oxygens (including phenoxy) is 6. The monoisotopic (exact) mass is 1290 g/mol. The Balaban J connectivity index is 1.10. The molecule has 4 aliphatic heterocycles. The van der Waals surface area contributed by atoms with Crippen LogP contribution >= 0.6 is 0 Å². The maximum atomic E-state index is 15.4. The van der Waals surface area contributed by atoms with E-state index in [1.807, 2.05) is 32.2 Å². The quantitative estimate of drug-likeness (QED) is 0.0747. The van der Waals surface area contributed by atoms with E-state index in [1.54, 1.807) is 101 Å². The van der Waals surface area contributed by atoms with Gasteiger partial charge in [0, 0.05) is 36.6 Å². The Morgan fingerprint density at radius 2 is 1.05 bits per heavy atom. The highest BCUT2D eigenvalue weighted by Gasteiger charge is 2.54. The molecule has 1 aliphatic carbocycles. The minimum Gasteiger partial charge on any atom is -0.493 e. The summed E-state index contributed by atoms with van der Waals surface area (Å²) in [7, 11) is -2.47. The lowest BCUT2D eigenvalue weighted by atomic mass is 10.0. The number of carbonyl (C=O) groups excluding carboxylic acids is 6. The van der Waals surface area contributed by atoms with Gasteiger partial charge in [0.15, 0.2) is 52.1 Å². The van der Waals surface area contributed by atoms with Crippen LogP contribution in [-0.4, -0.2) is 138 Å². The fourth-order valence-electron chi connectivity index (χ4n) is 10.8. The minimum atomic E-state index is -2.79. The molecule has 4 N–H and O–H groups in total. The first-order chi connectivity index (χ1) is 42.1. The van der Waals surface area contributed by atoms with E-state index in [9.17, 15) is 19.2 Å². The van der Waals surface area contributed by atoms with Crippen molar-refractivity contribution in [2.45, 2.75) is 220 Å². The molecule has 0 bridgehead atoms. The molecule has 21 nitrogen and oxygen atoms in total. The van der Waals surface area contributed by atoms with Crippen LogP contribution in [0.4, 0.5) is 26.7 Å². The number of nitrogens with zero attached hydrogens (tertiary/aromatic N) is 4. The maximum Gasteiger partial charge on any atom is 0.417 e. The molecule has 0 radical (unpaired) electrons. The number of methoxy groups -OCH3 is 2. The number of nitrogens with two attached hydrogens (primary N) is 1. The van der Waals surface area contributed by atoms with E-state index in [4.69, 9.17) is 43.0 Å². The fourth-order valence-corrected chi connectivity index (χ4v) is 13.2. The van der Waals surface area contributed by atoms with Gasteiger partial charge in [0.1, 0.15) is 17.2 Å². The zero-order valence-electron chi connectivity index (χ0n) is 57.4. The molecule has 5 aliphatic rings. The van der Waals surface area contributed by atoms with Crippen molar-refractivity contribution in [1.82, 2.24) is 15.1 Å². The number of anilines is 3. The summed E-state index contributed by atoms with van der Waals surface area (Å²) in [6.45, 7) is 37.3. The SMILES string of the molecule is COc1cc2c(cc1OCCCOc1cc3c(cc1OC)C(=O)N1C=C(C4CC4)CC1C(O[Si](C)(C)C(C)(C)C)N3C(=O)OC(C)(C)C)N(C(=O)OC(C)(C)C)C(O[Si](C)(C)C(C)(C)C)C1CC(c3ccc(NC(=O)[C@H](C)NC(=O)[C@@H](N)C(C)C)cc3)=CN1C2=O. The molecule has 3 aromatic rings. The predicted molar refractivity (Wildman–Crippen MR) is 357 cm³/mol. The second-order valence-electron chi connectivity index (χ2n) is 30.0. The van der Waals surface area contributed by atoms with E-state index in [1.165, 1.54) is 29.6 Å². The molecular weight excluding hydrogens is 1190 g/mol. The van der Waals surface area contributed by atoms with Crippen molar-refractivity contribution in [3.05, 3.63) is 83.2 Å². The molecule has 23 heteroatoms. The van der Waals surface area contributed by atoms with E-state index in [0.717, 1.165) is 24.0 Å². The van der Waals surface area contributed by atoms with Crippen LogP contribution in [0.25, 0.3) is 5.57 Å². The van der Waals surface area contributed by atoms with Gasteiger partial charge in [-0.05, 0) is 163 Å². The van der Waals surface area contributed by atoms with Crippen molar-refractivity contribution in [2.75, 3.05) is 42.5 Å². The van der Waals surface area contributed by atoms with Crippen LogP contribution in [0, 0.1) is 11.8 Å². The molecule has 0 aromatic heterocycles. The van der Waals surface area contributed by atoms with Gasteiger partial charge >= 0.3 is 12.2 Å². The summed E-state index contributed by atoms with van der Waals surface area (Å²) >= 11 is 0. The lowest BCUT2D eigenvalue weighted by Crippen LogP contribution is -2.58. The van der Waals surface area contributed by atoms with Crippen LogP contribution in [0.1, 0.15) is 162 Å². The van der Waals surface area contributed by atoms with Crippen LogP contribution < -0.4 is 45.1 Å². The summed E-state index contributed by atoms with van der Waals surface area (Å²) in [4.78, 5) is 92.4. The number of fused-ring (bicyclic) bond motifs is 4. The van der Waals surface area contributed by atoms with E-state index < -0.39 is 94.4 Å². The number of nitrogens with one attached hydrogen (secondary N) is 2. The lowest BCUT2D eigenvalue weighted by Gasteiger charge is -2.44. The zero-order chi connectivity index (χ0) is 67.4. The predicted octanol–water partition coefficient (Wildman–Crippen LogP) is 12.9. The summed E-state index contributed by atoms with van der Waals surface area (Å²) < 4.78 is 51.9. The van der Waals surface area contributed by atoms with Gasteiger partial charge in [-0.15, -0.1) is 0 Å². The molecule has 0 spiro atoms. The molecule has 498 valence electrons. The smallest absolute Gasteiger partial charge is 0.417 e. The third kappa shape index (κ3) is 15.4. The van der Waals surface area contributed by atoms with E-state index in [2.05, 4.69) is 78.4 Å². The van der Waals surface area contributed by atoms with Crippen molar-refractivity contribution >= 4 is 75.1 Å². The van der Waals surface area contributed by atoms with Gasteiger partial charge in [0.05, 0.1) is 68.1 Å². The van der Waals surface area contributed by atoms with Crippen LogP contribution in [-0.2, 0) is 27.9 Å². The fraction of sp³-hybridized carbons (Fsp3) is 0.588. The maximum absolute atomic E-state index is 15.4. The highest BCUT2D eigenvalue weighted by molar-refractivity contribution is 6.74. The van der Waals surface area contributed by atoms with Gasteiger partial charge < -0.3 is 63.4 Å². The molecule has 4 heterocycles.